The SMILES string of the molecule is N#CCCCCOc1cc(Cl)ccc1[N+](=O)[O-]. The highest BCUT2D eigenvalue weighted by atomic mass is 35.5. The molecule has 0 aliphatic carbocycles. The van der Waals surface area contributed by atoms with Crippen LogP contribution in [0.25, 0.3) is 0 Å². The summed E-state index contributed by atoms with van der Waals surface area (Å²) in [6.07, 6.45) is 1.85. The first-order valence-electron chi connectivity index (χ1n) is 5.09. The molecule has 0 spiro atoms. The number of benzene rings is 1. The summed E-state index contributed by atoms with van der Waals surface area (Å²) in [5, 5.41) is 19.4. The lowest BCUT2D eigenvalue weighted by Crippen LogP contribution is -2.00. The van der Waals surface area contributed by atoms with Gasteiger partial charge in [0.15, 0.2) is 5.75 Å². The van der Waals surface area contributed by atoms with Gasteiger partial charge in [-0.05, 0) is 18.9 Å². The van der Waals surface area contributed by atoms with Crippen molar-refractivity contribution in [1.29, 1.82) is 5.26 Å². The van der Waals surface area contributed by atoms with Crippen molar-refractivity contribution in [3.63, 3.8) is 0 Å². The quantitative estimate of drug-likeness (QED) is 0.443. The first kappa shape index (κ1) is 13.3. The molecule has 90 valence electrons. The summed E-state index contributed by atoms with van der Waals surface area (Å²) in [6, 6.07) is 6.20. The molecular weight excluding hydrogens is 244 g/mol. The van der Waals surface area contributed by atoms with Crippen LogP contribution < -0.4 is 4.74 Å². The van der Waals surface area contributed by atoms with Crippen LogP contribution >= 0.6 is 11.6 Å². The van der Waals surface area contributed by atoms with E-state index in [1.165, 1.54) is 18.2 Å². The summed E-state index contributed by atoms with van der Waals surface area (Å²) in [7, 11) is 0. The molecule has 0 N–H and O–H groups in total. The molecule has 0 fully saturated rings. The van der Waals surface area contributed by atoms with Gasteiger partial charge in [-0.1, -0.05) is 11.6 Å². The van der Waals surface area contributed by atoms with Crippen LogP contribution in [0.5, 0.6) is 5.75 Å². The zero-order chi connectivity index (χ0) is 12.7. The maximum Gasteiger partial charge on any atom is 0.311 e. The average molecular weight is 255 g/mol. The Hall–Kier alpha value is -1.80. The molecule has 0 saturated heterocycles. The van der Waals surface area contributed by atoms with E-state index in [4.69, 9.17) is 21.6 Å². The number of nitriles is 1. The zero-order valence-electron chi connectivity index (χ0n) is 9.06. The number of hydrogen-bond donors (Lipinski definition) is 0. The Morgan fingerprint density at radius 1 is 1.47 bits per heavy atom. The molecule has 0 aliphatic heterocycles. The topological polar surface area (TPSA) is 76.2 Å². The molecule has 5 nitrogen and oxygen atoms in total. The van der Waals surface area contributed by atoms with E-state index < -0.39 is 4.92 Å². The zero-order valence-corrected chi connectivity index (χ0v) is 9.81. The minimum atomic E-state index is -0.513. The Kier molecular flexibility index (Phi) is 5.24. The van der Waals surface area contributed by atoms with Gasteiger partial charge < -0.3 is 4.74 Å². The molecule has 0 unspecified atom stereocenters. The monoisotopic (exact) mass is 254 g/mol. The van der Waals surface area contributed by atoms with Crippen LogP contribution in [0.4, 0.5) is 5.69 Å². The second-order valence-corrected chi connectivity index (χ2v) is 3.77. The Balaban J connectivity index is 2.60. The van der Waals surface area contributed by atoms with Crippen molar-refractivity contribution in [3.05, 3.63) is 33.3 Å². The molecule has 1 aromatic carbocycles. The lowest BCUT2D eigenvalue weighted by atomic mass is 10.2. The van der Waals surface area contributed by atoms with Crippen molar-refractivity contribution in [2.24, 2.45) is 0 Å². The maximum atomic E-state index is 10.7. The minimum absolute atomic E-state index is 0.102. The normalized spacial score (nSPS) is 9.65. The predicted molar refractivity (Wildman–Crippen MR) is 63.1 cm³/mol. The van der Waals surface area contributed by atoms with Crippen LogP contribution in [-0.4, -0.2) is 11.5 Å². The van der Waals surface area contributed by atoms with Crippen molar-refractivity contribution in [2.45, 2.75) is 19.3 Å². The number of nitrogens with zero attached hydrogens (tertiary/aromatic N) is 2. The van der Waals surface area contributed by atoms with Crippen molar-refractivity contribution in [1.82, 2.24) is 0 Å². The molecule has 0 amide bonds. The van der Waals surface area contributed by atoms with E-state index in [1.807, 2.05) is 6.07 Å². The van der Waals surface area contributed by atoms with E-state index in [2.05, 4.69) is 0 Å². The summed E-state index contributed by atoms with van der Waals surface area (Å²) in [5.74, 6) is 0.166. The number of hydrogen-bond acceptors (Lipinski definition) is 4. The number of nitro groups is 1. The highest BCUT2D eigenvalue weighted by Gasteiger charge is 2.14. The number of unbranched alkanes of at least 4 members (excludes halogenated alkanes) is 2. The Morgan fingerprint density at radius 2 is 2.24 bits per heavy atom. The van der Waals surface area contributed by atoms with Crippen LogP contribution in [0.3, 0.4) is 0 Å². The molecule has 0 bridgehead atoms. The summed E-state index contributed by atoms with van der Waals surface area (Å²) in [6.45, 7) is 0.336. The van der Waals surface area contributed by atoms with Crippen LogP contribution in [0.15, 0.2) is 18.2 Å². The Bertz CT molecular complexity index is 443. The van der Waals surface area contributed by atoms with Gasteiger partial charge in [-0.15, -0.1) is 0 Å². The average Bonchev–Trinajstić information content (AvgIpc) is 2.28. The number of nitro benzene ring substituents is 1. The van der Waals surface area contributed by atoms with Crippen molar-refractivity contribution >= 4 is 17.3 Å². The summed E-state index contributed by atoms with van der Waals surface area (Å²) in [4.78, 5) is 10.2. The predicted octanol–water partition coefficient (Wildman–Crippen LogP) is 3.32. The van der Waals surface area contributed by atoms with E-state index >= 15 is 0 Å². The van der Waals surface area contributed by atoms with E-state index in [0.717, 1.165) is 0 Å². The highest BCUT2D eigenvalue weighted by Crippen LogP contribution is 2.29. The minimum Gasteiger partial charge on any atom is -0.487 e. The molecule has 17 heavy (non-hydrogen) atoms. The molecule has 1 rings (SSSR count). The van der Waals surface area contributed by atoms with Gasteiger partial charge in [-0.25, -0.2) is 0 Å². The number of halogens is 1. The fourth-order valence-electron chi connectivity index (χ4n) is 1.24. The fourth-order valence-corrected chi connectivity index (χ4v) is 1.40. The van der Waals surface area contributed by atoms with Gasteiger partial charge in [-0.3, -0.25) is 10.1 Å². The third kappa shape index (κ3) is 4.29. The summed E-state index contributed by atoms with van der Waals surface area (Å²) < 4.78 is 5.29. The van der Waals surface area contributed by atoms with Crippen LogP contribution in [0.1, 0.15) is 19.3 Å². The fraction of sp³-hybridized carbons (Fsp3) is 0.364. The second kappa shape index (κ2) is 6.71. The lowest BCUT2D eigenvalue weighted by molar-refractivity contribution is -0.385. The van der Waals surface area contributed by atoms with E-state index in [-0.39, 0.29) is 11.4 Å². The van der Waals surface area contributed by atoms with E-state index in [1.54, 1.807) is 0 Å². The third-order valence-electron chi connectivity index (χ3n) is 2.06. The van der Waals surface area contributed by atoms with Crippen molar-refractivity contribution < 1.29 is 9.66 Å². The largest absolute Gasteiger partial charge is 0.487 e. The van der Waals surface area contributed by atoms with Gasteiger partial charge in [-0.2, -0.15) is 5.26 Å². The van der Waals surface area contributed by atoms with Gasteiger partial charge in [0.05, 0.1) is 17.6 Å². The number of ether oxygens (including phenoxy) is 1. The molecule has 6 heteroatoms. The summed E-state index contributed by atoms with van der Waals surface area (Å²) in [5.41, 5.74) is -0.102. The smallest absolute Gasteiger partial charge is 0.311 e. The highest BCUT2D eigenvalue weighted by molar-refractivity contribution is 6.30. The van der Waals surface area contributed by atoms with Gasteiger partial charge >= 0.3 is 5.69 Å². The molecule has 0 aliphatic rings. The summed E-state index contributed by atoms with van der Waals surface area (Å²) >= 11 is 5.74. The molecule has 1 aromatic rings. The van der Waals surface area contributed by atoms with E-state index in [9.17, 15) is 10.1 Å². The van der Waals surface area contributed by atoms with Gasteiger partial charge in [0.1, 0.15) is 0 Å². The Labute approximate surface area is 104 Å². The van der Waals surface area contributed by atoms with E-state index in [0.29, 0.717) is 30.9 Å². The van der Waals surface area contributed by atoms with Crippen LogP contribution in [0, 0.1) is 21.4 Å². The van der Waals surface area contributed by atoms with Gasteiger partial charge in [0.2, 0.25) is 0 Å². The lowest BCUT2D eigenvalue weighted by Gasteiger charge is -2.06. The molecular formula is C11H11ClN2O3. The molecule has 0 heterocycles. The molecule has 0 saturated carbocycles. The van der Waals surface area contributed by atoms with Crippen molar-refractivity contribution in [3.8, 4) is 11.8 Å². The molecule has 0 radical (unpaired) electrons. The van der Waals surface area contributed by atoms with Gasteiger partial charge in [0, 0.05) is 23.6 Å². The first-order valence-corrected chi connectivity index (χ1v) is 5.46. The van der Waals surface area contributed by atoms with Crippen LogP contribution in [0.2, 0.25) is 5.02 Å². The maximum absolute atomic E-state index is 10.7. The second-order valence-electron chi connectivity index (χ2n) is 3.33. The Morgan fingerprint density at radius 3 is 2.88 bits per heavy atom. The molecule has 0 atom stereocenters. The van der Waals surface area contributed by atoms with Gasteiger partial charge in [0.25, 0.3) is 0 Å². The third-order valence-corrected chi connectivity index (χ3v) is 2.29. The molecule has 0 aromatic heterocycles. The van der Waals surface area contributed by atoms with Crippen LogP contribution in [-0.2, 0) is 0 Å². The number of rotatable bonds is 6. The standard InChI is InChI=1S/C11H11ClN2O3/c12-9-4-5-10(14(15)16)11(8-9)17-7-3-1-2-6-13/h4-5,8H,1-3,7H2. The van der Waals surface area contributed by atoms with Crippen molar-refractivity contribution in [2.75, 3.05) is 6.61 Å². The first-order chi connectivity index (χ1) is 8.15.